The predicted molar refractivity (Wildman–Crippen MR) is 140 cm³/mol. The molecule has 36 heavy (non-hydrogen) atoms. The minimum Gasteiger partial charge on any atom is -0.491 e. The lowest BCUT2D eigenvalue weighted by atomic mass is 9.95. The van der Waals surface area contributed by atoms with Gasteiger partial charge in [-0.25, -0.2) is 4.79 Å². The average Bonchev–Trinajstić information content (AvgIpc) is 2.91. The number of carboxylic acid groups (broad SMARTS) is 1. The van der Waals surface area contributed by atoms with Gasteiger partial charge in [-0.3, -0.25) is 0 Å². The van der Waals surface area contributed by atoms with Crippen LogP contribution in [0.1, 0.15) is 22.3 Å². The molecule has 4 aromatic rings. The molecule has 1 aliphatic heterocycles. The van der Waals surface area contributed by atoms with Gasteiger partial charge in [-0.05, 0) is 82.8 Å². The van der Waals surface area contributed by atoms with E-state index >= 15 is 0 Å². The van der Waals surface area contributed by atoms with E-state index in [0.717, 1.165) is 46.2 Å². The first-order valence-corrected chi connectivity index (χ1v) is 12.2. The van der Waals surface area contributed by atoms with Gasteiger partial charge in [-0.15, -0.1) is 0 Å². The minimum absolute atomic E-state index is 0.0506. The van der Waals surface area contributed by atoms with E-state index in [4.69, 9.17) is 9.47 Å². The first kappa shape index (κ1) is 23.9. The monoisotopic (exact) mass is 483 g/mol. The molecule has 6 nitrogen and oxygen atoms in total. The second-order valence-electron chi connectivity index (χ2n) is 9.12. The Labute approximate surface area is 210 Å². The third-order valence-corrected chi connectivity index (χ3v) is 6.45. The zero-order chi connectivity index (χ0) is 24.9. The largest absolute Gasteiger partial charge is 0.491 e. The van der Waals surface area contributed by atoms with Crippen molar-refractivity contribution in [1.29, 1.82) is 0 Å². The Bertz CT molecular complexity index is 1350. The van der Waals surface area contributed by atoms with Gasteiger partial charge >= 0.3 is 5.97 Å². The number of carboxylic acids is 1. The Morgan fingerprint density at radius 2 is 1.72 bits per heavy atom. The number of aryl methyl sites for hydroxylation is 1. The molecule has 5 rings (SSSR count). The molecule has 0 bridgehead atoms. The van der Waals surface area contributed by atoms with Crippen LogP contribution in [0.25, 0.3) is 21.9 Å². The average molecular weight is 484 g/mol. The van der Waals surface area contributed by atoms with Crippen LogP contribution in [-0.4, -0.2) is 48.1 Å². The van der Waals surface area contributed by atoms with E-state index in [-0.39, 0.29) is 12.7 Å². The Hall–Kier alpha value is -3.87. The molecule has 0 aliphatic carbocycles. The lowest BCUT2D eigenvalue weighted by Gasteiger charge is -2.27. The molecule has 0 saturated heterocycles. The van der Waals surface area contributed by atoms with Crippen LogP contribution < -0.4 is 14.8 Å². The number of ether oxygens (including phenoxy) is 2. The van der Waals surface area contributed by atoms with Gasteiger partial charge in [0.05, 0.1) is 5.56 Å². The number of aliphatic hydroxyl groups excluding tert-OH is 1. The summed E-state index contributed by atoms with van der Waals surface area (Å²) in [5.74, 6) is 0.730. The van der Waals surface area contributed by atoms with Gasteiger partial charge in [-0.2, -0.15) is 0 Å². The Kier molecular flexibility index (Phi) is 7.16. The van der Waals surface area contributed by atoms with Gasteiger partial charge in [0.25, 0.3) is 0 Å². The maximum Gasteiger partial charge on any atom is 0.335 e. The van der Waals surface area contributed by atoms with Gasteiger partial charge in [0.2, 0.25) is 0 Å². The van der Waals surface area contributed by atoms with Crippen molar-refractivity contribution in [3.63, 3.8) is 0 Å². The normalized spacial score (nSPS) is 15.6. The third-order valence-electron chi connectivity index (χ3n) is 6.45. The maximum atomic E-state index is 11.2. The van der Waals surface area contributed by atoms with Gasteiger partial charge in [0, 0.05) is 13.1 Å². The van der Waals surface area contributed by atoms with E-state index < -0.39 is 12.1 Å². The van der Waals surface area contributed by atoms with E-state index in [0.29, 0.717) is 18.7 Å². The van der Waals surface area contributed by atoms with Crippen molar-refractivity contribution in [3.8, 4) is 22.6 Å². The summed E-state index contributed by atoms with van der Waals surface area (Å²) >= 11 is 0. The maximum absolute atomic E-state index is 11.2. The van der Waals surface area contributed by atoms with Crippen molar-refractivity contribution in [2.75, 3.05) is 19.7 Å². The number of aliphatic hydroxyl groups is 1. The van der Waals surface area contributed by atoms with Crippen molar-refractivity contribution in [3.05, 3.63) is 96.1 Å². The molecule has 2 atom stereocenters. The Morgan fingerprint density at radius 1 is 0.972 bits per heavy atom. The summed E-state index contributed by atoms with van der Waals surface area (Å²) in [7, 11) is 0. The van der Waals surface area contributed by atoms with Crippen molar-refractivity contribution >= 4 is 16.7 Å². The third kappa shape index (κ3) is 5.67. The Morgan fingerprint density at radius 3 is 2.56 bits per heavy atom. The molecular weight excluding hydrogens is 454 g/mol. The molecule has 1 aliphatic rings. The fraction of sp³-hybridized carbons (Fsp3) is 0.233. The van der Waals surface area contributed by atoms with Crippen LogP contribution in [0, 0.1) is 0 Å². The van der Waals surface area contributed by atoms with E-state index in [1.165, 1.54) is 5.56 Å². The molecule has 0 radical (unpaired) electrons. The highest BCUT2D eigenvalue weighted by molar-refractivity contribution is 5.95. The molecule has 4 aromatic carbocycles. The number of carbonyl (C=O) groups is 1. The smallest absolute Gasteiger partial charge is 0.335 e. The second-order valence-corrected chi connectivity index (χ2v) is 9.12. The first-order valence-electron chi connectivity index (χ1n) is 12.2. The molecule has 0 spiro atoms. The van der Waals surface area contributed by atoms with Crippen molar-refractivity contribution in [2.45, 2.75) is 25.0 Å². The zero-order valence-electron chi connectivity index (χ0n) is 19.9. The van der Waals surface area contributed by atoms with Crippen LogP contribution in [-0.2, 0) is 6.42 Å². The van der Waals surface area contributed by atoms with Crippen LogP contribution in [0.5, 0.6) is 11.5 Å². The van der Waals surface area contributed by atoms with Crippen LogP contribution in [0.4, 0.5) is 0 Å². The van der Waals surface area contributed by atoms with Crippen molar-refractivity contribution in [1.82, 2.24) is 5.32 Å². The molecule has 184 valence electrons. The standard InChI is InChI=1S/C30H29NO5/c32-26(19-35-27-4-2-1-3-5-27)17-31-18-28-12-10-24-15-23(11-13-29(24)36-28)20-6-7-22-16-25(30(33)34)9-8-21(22)14-20/h1-9,11,13-16,26,28,31-32H,10,12,17-19H2,(H,33,34)/t26-,28+/m0/s1. The SMILES string of the molecule is O=C(O)c1ccc2cc(-c3ccc4c(c3)CC[C@H](CNC[C@H](O)COc3ccccc3)O4)ccc2c1. The highest BCUT2D eigenvalue weighted by Crippen LogP contribution is 2.33. The topological polar surface area (TPSA) is 88.0 Å². The predicted octanol–water partition coefficient (Wildman–Crippen LogP) is 4.93. The van der Waals surface area contributed by atoms with Crippen LogP contribution in [0.3, 0.4) is 0 Å². The van der Waals surface area contributed by atoms with E-state index in [2.05, 4.69) is 23.5 Å². The fourth-order valence-electron chi connectivity index (χ4n) is 4.51. The molecule has 6 heteroatoms. The number of nitrogens with one attached hydrogen (secondary N) is 1. The number of hydrogen-bond donors (Lipinski definition) is 3. The molecule has 0 saturated carbocycles. The van der Waals surface area contributed by atoms with Crippen LogP contribution in [0.2, 0.25) is 0 Å². The van der Waals surface area contributed by atoms with E-state index in [9.17, 15) is 15.0 Å². The van der Waals surface area contributed by atoms with Crippen molar-refractivity contribution < 1.29 is 24.5 Å². The summed E-state index contributed by atoms with van der Waals surface area (Å²) in [4.78, 5) is 11.2. The lowest BCUT2D eigenvalue weighted by Crippen LogP contribution is -2.39. The molecule has 3 N–H and O–H groups in total. The number of rotatable bonds is 9. The minimum atomic E-state index is -0.919. The highest BCUT2D eigenvalue weighted by atomic mass is 16.5. The van der Waals surface area contributed by atoms with Gasteiger partial charge in [-0.1, -0.05) is 42.5 Å². The van der Waals surface area contributed by atoms with Gasteiger partial charge in [0.1, 0.15) is 30.3 Å². The van der Waals surface area contributed by atoms with E-state index in [1.54, 1.807) is 12.1 Å². The molecule has 0 fully saturated rings. The van der Waals surface area contributed by atoms with Crippen LogP contribution in [0.15, 0.2) is 84.9 Å². The zero-order valence-corrected chi connectivity index (χ0v) is 19.9. The van der Waals surface area contributed by atoms with Gasteiger partial charge < -0.3 is 25.0 Å². The van der Waals surface area contributed by atoms with Gasteiger partial charge in [0.15, 0.2) is 0 Å². The summed E-state index contributed by atoms with van der Waals surface area (Å²) in [6.45, 7) is 1.34. The fourth-order valence-corrected chi connectivity index (χ4v) is 4.51. The molecule has 0 unspecified atom stereocenters. The summed E-state index contributed by atoms with van der Waals surface area (Å²) in [5.41, 5.74) is 3.67. The Balaban J connectivity index is 1.15. The summed E-state index contributed by atoms with van der Waals surface area (Å²) in [6, 6.07) is 27.0. The molecular formula is C30H29NO5. The summed E-state index contributed by atoms with van der Waals surface area (Å²) < 4.78 is 11.8. The first-order chi connectivity index (χ1) is 17.5. The molecule has 0 aromatic heterocycles. The lowest BCUT2D eigenvalue weighted by molar-refractivity contribution is 0.0697. The quantitative estimate of drug-likeness (QED) is 0.313. The molecule has 1 heterocycles. The van der Waals surface area contributed by atoms with Crippen LogP contribution >= 0.6 is 0 Å². The number of aromatic carboxylic acids is 1. The summed E-state index contributed by atoms with van der Waals surface area (Å²) in [6.07, 6.45) is 1.27. The number of para-hydroxylation sites is 1. The van der Waals surface area contributed by atoms with E-state index in [1.807, 2.05) is 54.6 Å². The summed E-state index contributed by atoms with van der Waals surface area (Å²) in [5, 5.41) is 24.6. The number of hydrogen-bond acceptors (Lipinski definition) is 5. The number of fused-ring (bicyclic) bond motifs is 2. The van der Waals surface area contributed by atoms with Crippen molar-refractivity contribution in [2.24, 2.45) is 0 Å². The highest BCUT2D eigenvalue weighted by Gasteiger charge is 2.20. The number of benzene rings is 4. The second kappa shape index (κ2) is 10.8. The molecule has 0 amide bonds.